The summed E-state index contributed by atoms with van der Waals surface area (Å²) in [4.78, 5) is 0. The lowest BCUT2D eigenvalue weighted by atomic mass is 10.0. The van der Waals surface area contributed by atoms with Gasteiger partial charge in [0.05, 0.1) is 44.0 Å². The van der Waals surface area contributed by atoms with Crippen LogP contribution in [0.1, 0.15) is 39.5 Å². The largest absolute Gasteiger partial charge is 0.491 e. The highest BCUT2D eigenvalue weighted by Crippen LogP contribution is 2.36. The van der Waals surface area contributed by atoms with Crippen molar-refractivity contribution in [3.05, 3.63) is 107 Å². The van der Waals surface area contributed by atoms with Crippen LogP contribution in [0.25, 0.3) is 22.3 Å². The molecule has 0 fully saturated rings. The Morgan fingerprint density at radius 2 is 1.06 bits per heavy atom. The first kappa shape index (κ1) is 42.1. The zero-order chi connectivity index (χ0) is 35.8. The van der Waals surface area contributed by atoms with Gasteiger partial charge in [0.15, 0.2) is 0 Å². The topological polar surface area (TPSA) is 36.9 Å². The van der Waals surface area contributed by atoms with Gasteiger partial charge >= 0.3 is 0 Å². The van der Waals surface area contributed by atoms with Crippen LogP contribution in [0.4, 0.5) is 0 Å². The number of hydrogen-bond donors (Lipinski definition) is 0. The molecule has 272 valence electrons. The molecule has 0 aliphatic carbocycles. The third-order valence-electron chi connectivity index (χ3n) is 7.88. The van der Waals surface area contributed by atoms with Crippen molar-refractivity contribution in [2.24, 2.45) is 0 Å². The third-order valence-corrected chi connectivity index (χ3v) is 12.1. The van der Waals surface area contributed by atoms with E-state index in [1.807, 2.05) is 72.8 Å². The van der Waals surface area contributed by atoms with Crippen molar-refractivity contribution >= 4 is 45.0 Å². The molecule has 4 aromatic rings. The number of ether oxygens (including phenoxy) is 4. The molecule has 0 aliphatic heterocycles. The molecule has 0 bridgehead atoms. The molecular weight excluding hydrogens is 703 g/mol. The van der Waals surface area contributed by atoms with Crippen LogP contribution in [0.3, 0.4) is 0 Å². The zero-order valence-corrected chi connectivity index (χ0v) is 33.5. The second kappa shape index (κ2) is 25.6. The maximum absolute atomic E-state index is 6.34. The van der Waals surface area contributed by atoms with Gasteiger partial charge in [0.25, 0.3) is 0 Å². The fraction of sp³-hybridized carbons (Fsp3) is 0.429. The van der Waals surface area contributed by atoms with Gasteiger partial charge in [-0.2, -0.15) is 0 Å². The predicted octanol–water partition coefficient (Wildman–Crippen LogP) is 10.9. The Labute approximate surface area is 317 Å². The van der Waals surface area contributed by atoms with Crippen molar-refractivity contribution < 1.29 is 18.9 Å². The highest BCUT2D eigenvalue weighted by molar-refractivity contribution is 7.96. The van der Waals surface area contributed by atoms with E-state index in [1.54, 1.807) is 0 Å². The van der Waals surface area contributed by atoms with E-state index in [2.05, 4.69) is 50.6 Å². The molecule has 0 aromatic heterocycles. The lowest BCUT2D eigenvalue weighted by Gasteiger charge is -2.13. The normalized spacial score (nSPS) is 12.1. The molecule has 8 heteroatoms. The molecule has 2 unspecified atom stereocenters. The van der Waals surface area contributed by atoms with E-state index in [9.17, 15) is 0 Å². The van der Waals surface area contributed by atoms with Crippen LogP contribution in [0, 0.1) is 0 Å². The maximum Gasteiger partial charge on any atom is 0.145 e. The van der Waals surface area contributed by atoms with E-state index >= 15 is 0 Å². The summed E-state index contributed by atoms with van der Waals surface area (Å²) in [6, 6.07) is 31.9. The molecule has 0 spiro atoms. The van der Waals surface area contributed by atoms with E-state index in [0.717, 1.165) is 58.5 Å². The number of rotatable bonds is 22. The van der Waals surface area contributed by atoms with E-state index in [1.165, 1.54) is 37.2 Å². The van der Waals surface area contributed by atoms with E-state index in [0.29, 0.717) is 58.3 Å². The SMILES string of the molecule is CCCC[S+](C)CCOCCOc1c(Cl)cccc1-c1ccccc1.CCCC[S+](C)CCOCCOc1ccc(Cl)cc1-c1ccccc1. The van der Waals surface area contributed by atoms with Crippen molar-refractivity contribution in [1.29, 1.82) is 0 Å². The molecule has 0 saturated carbocycles. The first-order valence-corrected chi connectivity index (χ1v) is 22.4. The van der Waals surface area contributed by atoms with Crippen LogP contribution in [0.2, 0.25) is 10.0 Å². The molecule has 0 amide bonds. The summed E-state index contributed by atoms with van der Waals surface area (Å²) in [5.41, 5.74) is 4.24. The summed E-state index contributed by atoms with van der Waals surface area (Å²) in [5, 5.41) is 1.35. The van der Waals surface area contributed by atoms with Gasteiger partial charge in [-0.05, 0) is 70.0 Å². The lowest BCUT2D eigenvalue weighted by Crippen LogP contribution is -2.17. The molecule has 4 aromatic carbocycles. The number of benzene rings is 4. The van der Waals surface area contributed by atoms with E-state index in [4.69, 9.17) is 42.1 Å². The predicted molar refractivity (Wildman–Crippen MR) is 222 cm³/mol. The fourth-order valence-electron chi connectivity index (χ4n) is 4.98. The van der Waals surface area contributed by atoms with Crippen molar-refractivity contribution in [3.63, 3.8) is 0 Å². The fourth-order valence-corrected chi connectivity index (χ4v) is 8.15. The summed E-state index contributed by atoms with van der Waals surface area (Å²) < 4.78 is 23.3. The monoisotopic (exact) mass is 758 g/mol. The number of hydrogen-bond acceptors (Lipinski definition) is 4. The zero-order valence-electron chi connectivity index (χ0n) is 30.3. The summed E-state index contributed by atoms with van der Waals surface area (Å²) in [6.45, 7) is 8.37. The summed E-state index contributed by atoms with van der Waals surface area (Å²) in [6.07, 6.45) is 9.84. The lowest BCUT2D eigenvalue weighted by molar-refractivity contribution is 0.112. The Morgan fingerprint density at radius 3 is 1.62 bits per heavy atom. The summed E-state index contributed by atoms with van der Waals surface area (Å²) in [5.74, 6) is 6.50. The molecule has 0 saturated heterocycles. The van der Waals surface area contributed by atoms with Gasteiger partial charge in [-0.3, -0.25) is 0 Å². The molecule has 0 heterocycles. The van der Waals surface area contributed by atoms with Crippen LogP contribution in [-0.2, 0) is 31.3 Å². The van der Waals surface area contributed by atoms with Gasteiger partial charge in [0, 0.05) is 16.1 Å². The highest BCUT2D eigenvalue weighted by Gasteiger charge is 2.13. The van der Waals surface area contributed by atoms with Crippen LogP contribution >= 0.6 is 23.2 Å². The standard InChI is InChI=1S/2C21H28ClO2S/c1-3-4-16-25(2)17-15-23-13-14-24-21-19(11-8-12-20(21)22)18-9-6-5-7-10-18;1-3-4-15-25(2)16-14-23-12-13-24-21-11-10-19(22)17-20(21)18-8-6-5-7-9-18/h5-12H,3-4,13-17H2,1-2H3;5-11,17H,3-4,12-16H2,1-2H3/q2*+1. The highest BCUT2D eigenvalue weighted by atomic mass is 35.5. The van der Waals surface area contributed by atoms with Crippen LogP contribution in [0.15, 0.2) is 97.1 Å². The molecule has 2 atom stereocenters. The molecule has 50 heavy (non-hydrogen) atoms. The van der Waals surface area contributed by atoms with Crippen LogP contribution < -0.4 is 9.47 Å². The summed E-state index contributed by atoms with van der Waals surface area (Å²) >= 11 is 12.5. The number of unbranched alkanes of at least 4 members (excludes halogenated alkanes) is 2. The third kappa shape index (κ3) is 16.4. The van der Waals surface area contributed by atoms with Gasteiger partial charge in [-0.25, -0.2) is 0 Å². The summed E-state index contributed by atoms with van der Waals surface area (Å²) in [7, 11) is 0.947. The van der Waals surface area contributed by atoms with E-state index < -0.39 is 0 Å². The van der Waals surface area contributed by atoms with Crippen LogP contribution in [-0.4, -0.2) is 75.2 Å². The average Bonchev–Trinajstić information content (AvgIpc) is 3.14. The second-order valence-corrected chi connectivity index (χ2v) is 17.6. The molecule has 4 rings (SSSR count). The Hall–Kier alpha value is -2.32. The molecular formula is C42H56Cl2O4S2+2. The average molecular weight is 760 g/mol. The Kier molecular flexibility index (Phi) is 21.6. The minimum absolute atomic E-state index is 0.470. The minimum Gasteiger partial charge on any atom is -0.491 e. The Morgan fingerprint density at radius 1 is 0.520 bits per heavy atom. The molecule has 4 nitrogen and oxygen atoms in total. The van der Waals surface area contributed by atoms with Crippen LogP contribution in [0.5, 0.6) is 11.5 Å². The minimum atomic E-state index is 0.470. The maximum atomic E-state index is 6.34. The van der Waals surface area contributed by atoms with Gasteiger partial charge in [-0.1, -0.05) is 123 Å². The van der Waals surface area contributed by atoms with Crippen molar-refractivity contribution in [1.82, 2.24) is 0 Å². The van der Waals surface area contributed by atoms with Gasteiger partial charge in [-0.15, -0.1) is 0 Å². The molecule has 0 aliphatic rings. The quantitative estimate of drug-likeness (QED) is 0.0591. The second-order valence-electron chi connectivity index (χ2n) is 12.0. The van der Waals surface area contributed by atoms with Gasteiger partial charge in [0.2, 0.25) is 0 Å². The molecule has 0 radical (unpaired) electrons. The van der Waals surface area contributed by atoms with Gasteiger partial charge in [0.1, 0.15) is 47.7 Å². The van der Waals surface area contributed by atoms with Crippen molar-refractivity contribution in [3.8, 4) is 33.8 Å². The number of para-hydroxylation sites is 1. The smallest absolute Gasteiger partial charge is 0.145 e. The number of halogens is 2. The van der Waals surface area contributed by atoms with E-state index in [-0.39, 0.29) is 0 Å². The van der Waals surface area contributed by atoms with Crippen molar-refractivity contribution in [2.75, 3.05) is 75.2 Å². The van der Waals surface area contributed by atoms with Crippen molar-refractivity contribution in [2.45, 2.75) is 39.5 Å². The molecule has 0 N–H and O–H groups in total. The first-order valence-electron chi connectivity index (χ1n) is 17.7. The van der Waals surface area contributed by atoms with Gasteiger partial charge < -0.3 is 18.9 Å². The first-order chi connectivity index (χ1) is 24.4. The Bertz CT molecular complexity index is 1420. The Balaban J connectivity index is 0.000000270.